The van der Waals surface area contributed by atoms with Gasteiger partial charge in [-0.3, -0.25) is 4.68 Å². The molecule has 7 heteroatoms. The zero-order valence-corrected chi connectivity index (χ0v) is 13.2. The lowest BCUT2D eigenvalue weighted by atomic mass is 10.1. The second kappa shape index (κ2) is 7.16. The van der Waals surface area contributed by atoms with E-state index >= 15 is 0 Å². The third kappa shape index (κ3) is 3.73. The average Bonchev–Trinajstić information content (AvgIpc) is 3.11. The van der Waals surface area contributed by atoms with E-state index in [9.17, 15) is 9.59 Å². The molecule has 0 aliphatic carbocycles. The Bertz CT molecular complexity index is 714. The Balaban J connectivity index is 1.58. The number of carbonyl (C=O) groups is 2. The van der Waals surface area contributed by atoms with E-state index in [1.165, 1.54) is 6.07 Å². The Hall–Kier alpha value is -2.83. The molecule has 1 saturated heterocycles. The molecule has 1 fully saturated rings. The van der Waals surface area contributed by atoms with Gasteiger partial charge in [-0.05, 0) is 24.5 Å². The fraction of sp³-hybridized carbons (Fsp3) is 0.353. The van der Waals surface area contributed by atoms with E-state index in [-0.39, 0.29) is 24.4 Å². The molecule has 1 aromatic carbocycles. The topological polar surface area (TPSA) is 84.7 Å². The third-order valence-electron chi connectivity index (χ3n) is 4.06. The van der Waals surface area contributed by atoms with Gasteiger partial charge in [0.2, 0.25) is 0 Å². The molecule has 1 aliphatic heterocycles. The van der Waals surface area contributed by atoms with Gasteiger partial charge in [-0.25, -0.2) is 9.59 Å². The van der Waals surface area contributed by atoms with Crippen LogP contribution >= 0.6 is 0 Å². The molecule has 1 N–H and O–H groups in total. The van der Waals surface area contributed by atoms with Gasteiger partial charge < -0.3 is 14.7 Å². The van der Waals surface area contributed by atoms with Gasteiger partial charge in [0, 0.05) is 19.3 Å². The van der Waals surface area contributed by atoms with Crippen molar-refractivity contribution in [2.24, 2.45) is 0 Å². The van der Waals surface area contributed by atoms with Gasteiger partial charge in [0.05, 0.1) is 6.04 Å². The molecular weight excluding hydrogens is 310 g/mol. The molecule has 0 bridgehead atoms. The fourth-order valence-corrected chi connectivity index (χ4v) is 2.80. The molecule has 1 unspecified atom stereocenters. The predicted octanol–water partition coefficient (Wildman–Crippen LogP) is 2.56. The summed E-state index contributed by atoms with van der Waals surface area (Å²) in [5.41, 5.74) is 0.955. The summed E-state index contributed by atoms with van der Waals surface area (Å²) in [5, 5.41) is 13.0. The Morgan fingerprint density at radius 1 is 1.25 bits per heavy atom. The van der Waals surface area contributed by atoms with E-state index in [1.54, 1.807) is 15.8 Å². The van der Waals surface area contributed by atoms with Crippen molar-refractivity contribution < 1.29 is 19.4 Å². The molecule has 0 saturated carbocycles. The molecule has 1 aliphatic rings. The normalized spacial score (nSPS) is 17.5. The number of carbonyl (C=O) groups excluding carboxylic acids is 1. The van der Waals surface area contributed by atoms with Crippen molar-refractivity contribution in [3.63, 3.8) is 0 Å². The predicted molar refractivity (Wildman–Crippen MR) is 85.7 cm³/mol. The number of carboxylic acid groups (broad SMARTS) is 1. The molecule has 24 heavy (non-hydrogen) atoms. The number of carboxylic acids is 1. The molecule has 3 rings (SSSR count). The Kier molecular flexibility index (Phi) is 4.79. The molecule has 7 nitrogen and oxygen atoms in total. The van der Waals surface area contributed by atoms with E-state index in [2.05, 4.69) is 5.10 Å². The summed E-state index contributed by atoms with van der Waals surface area (Å²) in [6.45, 7) is 1.34. The maximum absolute atomic E-state index is 12.2. The number of hydrogen-bond donors (Lipinski definition) is 1. The smallest absolute Gasteiger partial charge is 0.410 e. The van der Waals surface area contributed by atoms with E-state index in [0.717, 1.165) is 18.4 Å². The van der Waals surface area contributed by atoms with Gasteiger partial charge in [-0.15, -0.1) is 0 Å². The first-order valence-electron chi connectivity index (χ1n) is 7.87. The highest BCUT2D eigenvalue weighted by Crippen LogP contribution is 2.22. The number of piperidine rings is 1. The van der Waals surface area contributed by atoms with E-state index in [1.807, 2.05) is 30.3 Å². The van der Waals surface area contributed by atoms with Crippen LogP contribution in [0.1, 0.15) is 34.9 Å². The molecule has 2 aromatic rings. The summed E-state index contributed by atoms with van der Waals surface area (Å²) in [6.07, 6.45) is 2.97. The summed E-state index contributed by atoms with van der Waals surface area (Å²) in [4.78, 5) is 24.8. The van der Waals surface area contributed by atoms with Crippen LogP contribution in [0, 0.1) is 0 Å². The maximum Gasteiger partial charge on any atom is 0.410 e. The van der Waals surface area contributed by atoms with Crippen LogP contribution in [0.2, 0.25) is 0 Å². The lowest BCUT2D eigenvalue weighted by Crippen LogP contribution is -2.41. The van der Waals surface area contributed by atoms with Crippen LogP contribution in [0.25, 0.3) is 0 Å². The summed E-state index contributed by atoms with van der Waals surface area (Å²) in [7, 11) is 0. The van der Waals surface area contributed by atoms with Crippen molar-refractivity contribution in [2.75, 3.05) is 13.1 Å². The van der Waals surface area contributed by atoms with E-state index in [4.69, 9.17) is 9.84 Å². The molecule has 0 spiro atoms. The summed E-state index contributed by atoms with van der Waals surface area (Å²) >= 11 is 0. The van der Waals surface area contributed by atoms with Crippen LogP contribution in [-0.4, -0.2) is 44.9 Å². The van der Waals surface area contributed by atoms with Crippen molar-refractivity contribution in [2.45, 2.75) is 25.5 Å². The van der Waals surface area contributed by atoms with E-state index < -0.39 is 5.97 Å². The minimum atomic E-state index is -1.05. The number of benzene rings is 1. The second-order valence-electron chi connectivity index (χ2n) is 5.77. The number of aromatic nitrogens is 2. The Labute approximate surface area is 139 Å². The highest BCUT2D eigenvalue weighted by atomic mass is 16.6. The number of amides is 1. The molecule has 1 atom stereocenters. The number of nitrogens with zero attached hydrogens (tertiary/aromatic N) is 3. The molecule has 0 radical (unpaired) electrons. The lowest BCUT2D eigenvalue weighted by molar-refractivity contribution is 0.0682. The van der Waals surface area contributed by atoms with Gasteiger partial charge in [-0.1, -0.05) is 30.3 Å². The van der Waals surface area contributed by atoms with Gasteiger partial charge >= 0.3 is 12.1 Å². The standard InChI is InChI=1S/C17H19N3O4/c21-16(22)15-8-10-20(18-15)14-7-4-9-19(11-14)17(23)24-12-13-5-2-1-3-6-13/h1-3,5-6,8,10,14H,4,7,9,11-12H2,(H,21,22). The van der Waals surface area contributed by atoms with Crippen LogP contribution in [0.5, 0.6) is 0 Å². The molecule has 2 heterocycles. The Morgan fingerprint density at radius 2 is 2.04 bits per heavy atom. The van der Waals surface area contributed by atoms with Crippen molar-refractivity contribution in [3.8, 4) is 0 Å². The SMILES string of the molecule is O=C(O)c1ccn(C2CCCN(C(=O)OCc3ccccc3)C2)n1. The summed E-state index contributed by atoms with van der Waals surface area (Å²) in [5.74, 6) is -1.05. The number of aromatic carboxylic acids is 1. The van der Waals surface area contributed by atoms with Crippen molar-refractivity contribution in [3.05, 3.63) is 53.9 Å². The van der Waals surface area contributed by atoms with E-state index in [0.29, 0.717) is 13.1 Å². The number of likely N-dealkylation sites (tertiary alicyclic amines) is 1. The minimum Gasteiger partial charge on any atom is -0.476 e. The van der Waals surface area contributed by atoms with Crippen LogP contribution in [0.15, 0.2) is 42.6 Å². The van der Waals surface area contributed by atoms with Gasteiger partial charge in [0.15, 0.2) is 5.69 Å². The van der Waals surface area contributed by atoms with Crippen LogP contribution in [0.4, 0.5) is 4.79 Å². The largest absolute Gasteiger partial charge is 0.476 e. The minimum absolute atomic E-state index is 0.0128. The van der Waals surface area contributed by atoms with Crippen LogP contribution < -0.4 is 0 Å². The molecular formula is C17H19N3O4. The van der Waals surface area contributed by atoms with Crippen molar-refractivity contribution in [1.29, 1.82) is 0 Å². The maximum atomic E-state index is 12.2. The second-order valence-corrected chi connectivity index (χ2v) is 5.77. The first-order chi connectivity index (χ1) is 11.6. The monoisotopic (exact) mass is 329 g/mol. The van der Waals surface area contributed by atoms with Crippen molar-refractivity contribution >= 4 is 12.1 Å². The van der Waals surface area contributed by atoms with Crippen LogP contribution in [0.3, 0.4) is 0 Å². The lowest BCUT2D eigenvalue weighted by Gasteiger charge is -2.32. The Morgan fingerprint density at radius 3 is 2.75 bits per heavy atom. The number of hydrogen-bond acceptors (Lipinski definition) is 4. The summed E-state index contributed by atoms with van der Waals surface area (Å²) in [6, 6.07) is 11.0. The molecule has 1 aromatic heterocycles. The quantitative estimate of drug-likeness (QED) is 0.932. The van der Waals surface area contributed by atoms with Crippen molar-refractivity contribution in [1.82, 2.24) is 14.7 Å². The highest BCUT2D eigenvalue weighted by molar-refractivity contribution is 5.85. The fourth-order valence-electron chi connectivity index (χ4n) is 2.80. The molecule has 126 valence electrons. The van der Waals surface area contributed by atoms with Gasteiger partial charge in [0.1, 0.15) is 6.61 Å². The first kappa shape index (κ1) is 16.0. The third-order valence-corrected chi connectivity index (χ3v) is 4.06. The zero-order valence-electron chi connectivity index (χ0n) is 13.2. The van der Waals surface area contributed by atoms with Gasteiger partial charge in [0.25, 0.3) is 0 Å². The number of rotatable bonds is 4. The van der Waals surface area contributed by atoms with Crippen LogP contribution in [-0.2, 0) is 11.3 Å². The number of ether oxygens (including phenoxy) is 1. The van der Waals surface area contributed by atoms with Gasteiger partial charge in [-0.2, -0.15) is 5.10 Å². The molecule has 1 amide bonds. The average molecular weight is 329 g/mol. The first-order valence-corrected chi connectivity index (χ1v) is 7.87. The summed E-state index contributed by atoms with van der Waals surface area (Å²) < 4.78 is 6.98. The zero-order chi connectivity index (χ0) is 16.9. The highest BCUT2D eigenvalue weighted by Gasteiger charge is 2.26.